The van der Waals surface area contributed by atoms with E-state index in [4.69, 9.17) is 9.73 Å². The van der Waals surface area contributed by atoms with Gasteiger partial charge in [0, 0.05) is 37.8 Å². The van der Waals surface area contributed by atoms with Gasteiger partial charge in [-0.15, -0.1) is 24.0 Å². The number of hydrogen-bond donors (Lipinski definition) is 2. The number of halogens is 1. The normalized spacial score (nSPS) is 21.5. The molecule has 0 spiro atoms. The van der Waals surface area contributed by atoms with Crippen molar-refractivity contribution in [3.63, 3.8) is 0 Å². The Balaban J connectivity index is 0.00000243. The molecule has 2 aliphatic rings. The van der Waals surface area contributed by atoms with Crippen molar-refractivity contribution < 1.29 is 4.74 Å². The molecule has 26 heavy (non-hydrogen) atoms. The van der Waals surface area contributed by atoms with Gasteiger partial charge in [-0.05, 0) is 32.3 Å². The fourth-order valence-electron chi connectivity index (χ4n) is 3.84. The molecule has 2 fully saturated rings. The zero-order valence-corrected chi connectivity index (χ0v) is 18.2. The van der Waals surface area contributed by atoms with Crippen LogP contribution in [-0.4, -0.2) is 54.7 Å². The molecule has 6 nitrogen and oxygen atoms in total. The lowest BCUT2D eigenvalue weighted by atomic mass is 10.2. The van der Waals surface area contributed by atoms with Gasteiger partial charge in [0.05, 0.1) is 19.3 Å². The maximum atomic E-state index is 5.18. The van der Waals surface area contributed by atoms with E-state index >= 15 is 0 Å². The van der Waals surface area contributed by atoms with E-state index in [2.05, 4.69) is 27.4 Å². The molecule has 1 saturated heterocycles. The number of aromatic nitrogens is 1. The Morgan fingerprint density at radius 1 is 1.31 bits per heavy atom. The molecule has 2 N–H and O–H groups in total. The van der Waals surface area contributed by atoms with Crippen molar-refractivity contribution in [2.45, 2.75) is 57.7 Å². The zero-order chi connectivity index (χ0) is 17.5. The van der Waals surface area contributed by atoms with Gasteiger partial charge < -0.3 is 15.4 Å². The van der Waals surface area contributed by atoms with Crippen LogP contribution in [0.2, 0.25) is 0 Å². The summed E-state index contributed by atoms with van der Waals surface area (Å²) < 4.78 is 5.18. The lowest BCUT2D eigenvalue weighted by molar-refractivity contribution is 0.242. The monoisotopic (exact) mass is 473 g/mol. The number of guanidine groups is 1. The SMILES string of the molecule is CCNC(=NCc1cccc(OC)n1)NC1CCN(C2CCCC2)C1.I. The smallest absolute Gasteiger partial charge is 0.213 e. The highest BCUT2D eigenvalue weighted by atomic mass is 127. The molecule has 2 heterocycles. The fourth-order valence-corrected chi connectivity index (χ4v) is 3.84. The molecule has 7 heteroatoms. The van der Waals surface area contributed by atoms with Crippen LogP contribution in [0.5, 0.6) is 5.88 Å². The van der Waals surface area contributed by atoms with E-state index in [1.165, 1.54) is 38.6 Å². The number of rotatable bonds is 6. The molecule has 1 aromatic rings. The van der Waals surface area contributed by atoms with Crippen LogP contribution in [0.1, 0.15) is 44.7 Å². The second-order valence-electron chi connectivity index (χ2n) is 6.93. The molecule has 3 rings (SSSR count). The highest BCUT2D eigenvalue weighted by Crippen LogP contribution is 2.26. The summed E-state index contributed by atoms with van der Waals surface area (Å²) in [5.74, 6) is 1.51. The lowest BCUT2D eigenvalue weighted by Crippen LogP contribution is -2.45. The van der Waals surface area contributed by atoms with Gasteiger partial charge in [-0.25, -0.2) is 9.98 Å². The van der Waals surface area contributed by atoms with E-state index in [9.17, 15) is 0 Å². The maximum absolute atomic E-state index is 5.18. The van der Waals surface area contributed by atoms with E-state index < -0.39 is 0 Å². The first-order valence-corrected chi connectivity index (χ1v) is 9.57. The third-order valence-corrected chi connectivity index (χ3v) is 5.14. The quantitative estimate of drug-likeness (QED) is 0.378. The summed E-state index contributed by atoms with van der Waals surface area (Å²) in [6, 6.07) is 7.08. The fraction of sp³-hybridized carbons (Fsp3) is 0.684. The molecule has 1 aliphatic carbocycles. The van der Waals surface area contributed by atoms with E-state index in [0.29, 0.717) is 18.5 Å². The van der Waals surface area contributed by atoms with Crippen LogP contribution in [0.3, 0.4) is 0 Å². The molecule has 1 unspecified atom stereocenters. The largest absolute Gasteiger partial charge is 0.481 e. The molecule has 1 aliphatic heterocycles. The van der Waals surface area contributed by atoms with Gasteiger partial charge >= 0.3 is 0 Å². The number of ether oxygens (including phenoxy) is 1. The maximum Gasteiger partial charge on any atom is 0.213 e. The van der Waals surface area contributed by atoms with Crippen LogP contribution in [0.25, 0.3) is 0 Å². The van der Waals surface area contributed by atoms with Gasteiger partial charge in [-0.3, -0.25) is 4.90 Å². The summed E-state index contributed by atoms with van der Waals surface area (Å²) in [5, 5.41) is 6.96. The molecule has 0 bridgehead atoms. The summed E-state index contributed by atoms with van der Waals surface area (Å²) in [5.41, 5.74) is 0.913. The Morgan fingerprint density at radius 2 is 2.12 bits per heavy atom. The van der Waals surface area contributed by atoms with Gasteiger partial charge in [-0.2, -0.15) is 0 Å². The molecule has 1 atom stereocenters. The Morgan fingerprint density at radius 3 is 2.85 bits per heavy atom. The third-order valence-electron chi connectivity index (χ3n) is 5.14. The molecule has 146 valence electrons. The van der Waals surface area contributed by atoms with Crippen LogP contribution in [0.4, 0.5) is 0 Å². The highest BCUT2D eigenvalue weighted by molar-refractivity contribution is 14.0. The average molecular weight is 473 g/mol. The molecule has 0 radical (unpaired) electrons. The molecule has 1 aromatic heterocycles. The van der Waals surface area contributed by atoms with Crippen molar-refractivity contribution in [1.29, 1.82) is 0 Å². The number of methoxy groups -OCH3 is 1. The van der Waals surface area contributed by atoms with Gasteiger partial charge in [0.2, 0.25) is 5.88 Å². The minimum absolute atomic E-state index is 0. The van der Waals surface area contributed by atoms with Crippen molar-refractivity contribution in [3.05, 3.63) is 23.9 Å². The molecule has 0 amide bonds. The topological polar surface area (TPSA) is 61.8 Å². The Kier molecular flexibility index (Phi) is 8.90. The van der Waals surface area contributed by atoms with Gasteiger partial charge in [0.1, 0.15) is 0 Å². The number of nitrogens with one attached hydrogen (secondary N) is 2. The molecule has 0 aromatic carbocycles. The van der Waals surface area contributed by atoms with Crippen molar-refractivity contribution >= 4 is 29.9 Å². The van der Waals surface area contributed by atoms with Crippen molar-refractivity contribution in [2.75, 3.05) is 26.7 Å². The van der Waals surface area contributed by atoms with Crippen LogP contribution >= 0.6 is 24.0 Å². The molecular weight excluding hydrogens is 441 g/mol. The number of likely N-dealkylation sites (tertiary alicyclic amines) is 1. The number of aliphatic imine (C=N–C) groups is 1. The number of nitrogens with zero attached hydrogens (tertiary/aromatic N) is 3. The van der Waals surface area contributed by atoms with Crippen molar-refractivity contribution in [2.24, 2.45) is 4.99 Å². The molecule has 1 saturated carbocycles. The van der Waals surface area contributed by atoms with Gasteiger partial charge in [0.15, 0.2) is 5.96 Å². The third kappa shape index (κ3) is 5.97. The summed E-state index contributed by atoms with van der Waals surface area (Å²) in [6.45, 7) is 5.84. The zero-order valence-electron chi connectivity index (χ0n) is 15.9. The Labute approximate surface area is 174 Å². The minimum Gasteiger partial charge on any atom is -0.481 e. The van der Waals surface area contributed by atoms with Gasteiger partial charge in [0.25, 0.3) is 0 Å². The summed E-state index contributed by atoms with van der Waals surface area (Å²) >= 11 is 0. The Hall–Kier alpha value is -1.09. The second kappa shape index (κ2) is 10.9. The van der Waals surface area contributed by atoms with E-state index in [1.54, 1.807) is 7.11 Å². The van der Waals surface area contributed by atoms with Crippen LogP contribution in [0.15, 0.2) is 23.2 Å². The minimum atomic E-state index is 0. The van der Waals surface area contributed by atoms with Gasteiger partial charge in [-0.1, -0.05) is 18.9 Å². The second-order valence-corrected chi connectivity index (χ2v) is 6.93. The van der Waals surface area contributed by atoms with Crippen LogP contribution < -0.4 is 15.4 Å². The number of hydrogen-bond acceptors (Lipinski definition) is 4. The number of pyridine rings is 1. The average Bonchev–Trinajstić information content (AvgIpc) is 3.31. The first-order valence-electron chi connectivity index (χ1n) is 9.57. The standard InChI is InChI=1S/C19H31N5O.HI/c1-3-20-19(21-13-15-7-6-10-18(22-15)25-2)23-16-11-12-24(14-16)17-8-4-5-9-17;/h6-7,10,16-17H,3-5,8-9,11-14H2,1-2H3,(H2,20,21,23);1H. The molecular formula is C19H32IN5O. The summed E-state index contributed by atoms with van der Waals surface area (Å²) in [6.07, 6.45) is 6.75. The predicted molar refractivity (Wildman–Crippen MR) is 116 cm³/mol. The first-order chi connectivity index (χ1) is 12.3. The Bertz CT molecular complexity index is 577. The summed E-state index contributed by atoms with van der Waals surface area (Å²) in [7, 11) is 1.64. The van der Waals surface area contributed by atoms with Crippen LogP contribution in [0, 0.1) is 0 Å². The van der Waals surface area contributed by atoms with Crippen LogP contribution in [-0.2, 0) is 6.54 Å². The van der Waals surface area contributed by atoms with Crippen molar-refractivity contribution in [3.8, 4) is 5.88 Å². The first kappa shape index (κ1) is 21.2. The van der Waals surface area contributed by atoms with E-state index in [-0.39, 0.29) is 24.0 Å². The summed E-state index contributed by atoms with van der Waals surface area (Å²) in [4.78, 5) is 11.8. The van der Waals surface area contributed by atoms with Crippen molar-refractivity contribution in [1.82, 2.24) is 20.5 Å². The lowest BCUT2D eigenvalue weighted by Gasteiger charge is -2.24. The van der Waals surface area contributed by atoms with E-state index in [0.717, 1.165) is 30.8 Å². The van der Waals surface area contributed by atoms with E-state index in [1.807, 2.05) is 18.2 Å². The highest BCUT2D eigenvalue weighted by Gasteiger charge is 2.30. The predicted octanol–water partition coefficient (Wildman–Crippen LogP) is 2.78.